The Balaban J connectivity index is 1.91. The number of unbranched alkanes of at least 4 members (excludes halogenated alkanes) is 3. The molecule has 5 nitrogen and oxygen atoms in total. The van der Waals surface area contributed by atoms with E-state index in [9.17, 15) is 35.9 Å². The molecule has 0 saturated carbocycles. The molecule has 0 bridgehead atoms. The molecule has 0 aliphatic heterocycles. The summed E-state index contributed by atoms with van der Waals surface area (Å²) in [6, 6.07) is 13.4. The van der Waals surface area contributed by atoms with E-state index in [0.717, 1.165) is 49.6 Å². The number of carbonyl (C=O) groups excluding carboxylic acids is 1. The Morgan fingerprint density at radius 1 is 0.857 bits per heavy atom. The lowest BCUT2D eigenvalue weighted by Crippen LogP contribution is -2.26. The van der Waals surface area contributed by atoms with Crippen molar-refractivity contribution in [2.45, 2.75) is 63.9 Å². The van der Waals surface area contributed by atoms with E-state index < -0.39 is 47.2 Å². The van der Waals surface area contributed by atoms with Crippen LogP contribution < -0.4 is 10.1 Å². The molecular weight excluding hydrogens is 564 g/mol. The first kappa shape index (κ1) is 32.5. The van der Waals surface area contributed by atoms with Crippen LogP contribution in [0.3, 0.4) is 0 Å². The Bertz CT molecular complexity index is 1350. The van der Waals surface area contributed by atoms with E-state index in [1.54, 1.807) is 12.1 Å². The van der Waals surface area contributed by atoms with E-state index in [-0.39, 0.29) is 29.7 Å². The van der Waals surface area contributed by atoms with Crippen LogP contribution in [0.5, 0.6) is 5.75 Å². The van der Waals surface area contributed by atoms with Gasteiger partial charge in [0.2, 0.25) is 0 Å². The van der Waals surface area contributed by atoms with Crippen LogP contribution in [-0.4, -0.2) is 23.5 Å². The average molecular weight is 596 g/mol. The second kappa shape index (κ2) is 14.2. The molecule has 0 aliphatic carbocycles. The highest BCUT2D eigenvalue weighted by Crippen LogP contribution is 2.42. The van der Waals surface area contributed by atoms with Gasteiger partial charge in [0.05, 0.1) is 17.5 Å². The molecule has 3 rings (SSSR count). The number of hydrogen-bond donors (Lipinski definition) is 2. The summed E-state index contributed by atoms with van der Waals surface area (Å²) in [6.07, 6.45) is -6.77. The van der Waals surface area contributed by atoms with E-state index in [1.165, 1.54) is 24.3 Å². The highest BCUT2D eigenvalue weighted by Gasteiger charge is 2.36. The minimum Gasteiger partial charge on any atom is -0.485 e. The first-order chi connectivity index (χ1) is 19.8. The average Bonchev–Trinajstić information content (AvgIpc) is 2.93. The fourth-order valence-electron chi connectivity index (χ4n) is 4.35. The number of alkyl halides is 6. The second-order valence-electron chi connectivity index (χ2n) is 9.76. The van der Waals surface area contributed by atoms with Crippen molar-refractivity contribution in [2.24, 2.45) is 0 Å². The molecule has 42 heavy (non-hydrogen) atoms. The molecule has 0 spiro atoms. The van der Waals surface area contributed by atoms with E-state index >= 15 is 0 Å². The highest BCUT2D eigenvalue weighted by atomic mass is 19.4. The quantitative estimate of drug-likeness (QED) is 0.153. The Labute approximate surface area is 239 Å². The number of nitrogens with one attached hydrogen (secondary N) is 1. The summed E-state index contributed by atoms with van der Waals surface area (Å²) in [5, 5.41) is 11.2. The lowest BCUT2D eigenvalue weighted by Gasteiger charge is -2.23. The Kier molecular flexibility index (Phi) is 11.0. The van der Waals surface area contributed by atoms with Crippen molar-refractivity contribution in [1.82, 2.24) is 5.32 Å². The number of benzene rings is 3. The molecule has 226 valence electrons. The maximum absolute atomic E-state index is 14.2. The van der Waals surface area contributed by atoms with Gasteiger partial charge in [-0.25, -0.2) is 0 Å². The fourth-order valence-corrected chi connectivity index (χ4v) is 4.35. The molecule has 0 radical (unpaired) electrons. The molecule has 0 fully saturated rings. The number of carboxylic acid groups (broad SMARTS) is 1. The lowest BCUT2D eigenvalue weighted by atomic mass is 9.99. The second-order valence-corrected chi connectivity index (χ2v) is 9.76. The summed E-state index contributed by atoms with van der Waals surface area (Å²) in [4.78, 5) is 23.0. The number of hydrogen-bond acceptors (Lipinski definition) is 3. The zero-order valence-electron chi connectivity index (χ0n) is 22.8. The number of carboxylic acids is 1. The van der Waals surface area contributed by atoms with Crippen molar-refractivity contribution < 1.29 is 45.8 Å². The van der Waals surface area contributed by atoms with Crippen LogP contribution in [0.1, 0.15) is 78.6 Å². The van der Waals surface area contributed by atoms with Crippen LogP contribution in [0.4, 0.5) is 26.3 Å². The Morgan fingerprint density at radius 2 is 1.55 bits per heavy atom. The van der Waals surface area contributed by atoms with Gasteiger partial charge in [0.15, 0.2) is 0 Å². The molecule has 3 aromatic rings. The van der Waals surface area contributed by atoms with Gasteiger partial charge < -0.3 is 15.2 Å². The lowest BCUT2D eigenvalue weighted by molar-refractivity contribution is -0.139. The molecule has 11 heteroatoms. The summed E-state index contributed by atoms with van der Waals surface area (Å²) in [5.74, 6) is -2.02. The van der Waals surface area contributed by atoms with Gasteiger partial charge in [-0.05, 0) is 65.9 Å². The maximum atomic E-state index is 14.2. The number of halogens is 6. The third-order valence-electron chi connectivity index (χ3n) is 6.57. The summed E-state index contributed by atoms with van der Waals surface area (Å²) in [7, 11) is 0. The normalized spacial score (nSPS) is 12.5. The van der Waals surface area contributed by atoms with Crippen LogP contribution in [0.25, 0.3) is 11.1 Å². The third kappa shape index (κ3) is 9.25. The van der Waals surface area contributed by atoms with E-state index in [4.69, 9.17) is 9.84 Å². The van der Waals surface area contributed by atoms with Gasteiger partial charge in [-0.2, -0.15) is 26.3 Å². The van der Waals surface area contributed by atoms with E-state index in [2.05, 4.69) is 5.32 Å². The molecule has 2 N–H and O–H groups in total. The van der Waals surface area contributed by atoms with Crippen LogP contribution in [-0.2, 0) is 17.1 Å². The Hall–Kier alpha value is -4.02. The van der Waals surface area contributed by atoms with Crippen molar-refractivity contribution in [3.63, 3.8) is 0 Å². The van der Waals surface area contributed by atoms with E-state index in [1.807, 2.05) is 6.92 Å². The minimum absolute atomic E-state index is 0.0183. The largest absolute Gasteiger partial charge is 0.485 e. The number of carbonyl (C=O) groups is 2. The highest BCUT2D eigenvalue weighted by molar-refractivity contribution is 5.94. The topological polar surface area (TPSA) is 75.6 Å². The van der Waals surface area contributed by atoms with E-state index in [0.29, 0.717) is 18.4 Å². The number of rotatable bonds is 13. The predicted molar refractivity (Wildman–Crippen MR) is 145 cm³/mol. The minimum atomic E-state index is -4.85. The van der Waals surface area contributed by atoms with Crippen molar-refractivity contribution in [3.8, 4) is 16.9 Å². The van der Waals surface area contributed by atoms with Crippen LogP contribution in [0, 0.1) is 0 Å². The van der Waals surface area contributed by atoms with Gasteiger partial charge in [0.25, 0.3) is 5.91 Å². The fraction of sp³-hybridized carbons (Fsp3) is 0.355. The number of amides is 1. The van der Waals surface area contributed by atoms with Crippen molar-refractivity contribution >= 4 is 11.9 Å². The Morgan fingerprint density at radius 3 is 2.17 bits per heavy atom. The van der Waals surface area contributed by atoms with Crippen LogP contribution in [0.15, 0.2) is 66.7 Å². The smallest absolute Gasteiger partial charge is 0.419 e. The van der Waals surface area contributed by atoms with Crippen molar-refractivity contribution in [1.29, 1.82) is 0 Å². The van der Waals surface area contributed by atoms with Crippen LogP contribution in [0.2, 0.25) is 0 Å². The molecule has 0 saturated heterocycles. The summed E-state index contributed by atoms with van der Waals surface area (Å²) in [5.41, 5.74) is -1.38. The molecule has 0 aliphatic rings. The predicted octanol–water partition coefficient (Wildman–Crippen LogP) is 8.69. The van der Waals surface area contributed by atoms with Gasteiger partial charge in [-0.1, -0.05) is 56.5 Å². The summed E-state index contributed by atoms with van der Waals surface area (Å²) < 4.78 is 88.0. The van der Waals surface area contributed by atoms with Gasteiger partial charge in [0, 0.05) is 12.1 Å². The zero-order valence-corrected chi connectivity index (χ0v) is 22.8. The van der Waals surface area contributed by atoms with Gasteiger partial charge in [0.1, 0.15) is 11.9 Å². The molecule has 1 amide bonds. The van der Waals surface area contributed by atoms with Crippen molar-refractivity contribution in [3.05, 3.63) is 89.0 Å². The zero-order chi connectivity index (χ0) is 30.9. The molecule has 1 unspecified atom stereocenters. The molecule has 0 heterocycles. The monoisotopic (exact) mass is 595 g/mol. The van der Waals surface area contributed by atoms with Gasteiger partial charge in [-0.15, -0.1) is 0 Å². The first-order valence-corrected chi connectivity index (χ1v) is 13.4. The SMILES string of the molecule is CCCCCCC(Oc1ccc(-c2cccc(C(F)(F)F)c2)cc1C(F)(F)F)c1ccc(C(=O)NCCC(=O)O)cc1. The molecule has 3 aromatic carbocycles. The maximum Gasteiger partial charge on any atom is 0.419 e. The van der Waals surface area contributed by atoms with Crippen molar-refractivity contribution in [2.75, 3.05) is 6.54 Å². The molecule has 1 atom stereocenters. The third-order valence-corrected chi connectivity index (χ3v) is 6.57. The summed E-state index contributed by atoms with van der Waals surface area (Å²) >= 11 is 0. The van der Waals surface area contributed by atoms with Gasteiger partial charge >= 0.3 is 18.3 Å². The molecule has 0 aromatic heterocycles. The number of aliphatic carboxylic acids is 1. The van der Waals surface area contributed by atoms with Gasteiger partial charge in [-0.3, -0.25) is 9.59 Å². The summed E-state index contributed by atoms with van der Waals surface area (Å²) in [6.45, 7) is 1.96. The first-order valence-electron chi connectivity index (χ1n) is 13.4. The van der Waals surface area contributed by atoms with Crippen LogP contribution >= 0.6 is 0 Å². The number of ether oxygens (including phenoxy) is 1. The standard InChI is InChI=1S/C31H31F6NO4/c1-2-3-4-5-9-26(20-10-12-21(13-11-20)29(41)38-17-16-28(39)40)42-27-15-14-23(19-25(27)31(35,36)37)22-7-6-8-24(18-22)30(32,33)34/h6-8,10-15,18-19,26H,2-5,9,16-17H2,1H3,(H,38,41)(H,39,40). The molecular formula is C31H31F6NO4.